The van der Waals surface area contributed by atoms with E-state index in [1.807, 2.05) is 113 Å². The number of hydrogen-bond acceptors (Lipinski definition) is 24. The summed E-state index contributed by atoms with van der Waals surface area (Å²) in [7, 11) is -15.2. The maximum absolute atomic E-state index is 14.8. The van der Waals surface area contributed by atoms with Crippen LogP contribution in [0, 0.1) is 45.1 Å². The Bertz CT molecular complexity index is 7050. The van der Waals surface area contributed by atoms with Gasteiger partial charge in [0.25, 0.3) is 23.6 Å². The zero-order valence-electron chi connectivity index (χ0n) is 69.7. The molecule has 0 aliphatic carbocycles. The number of thiophene rings is 4. The van der Waals surface area contributed by atoms with Crippen molar-refractivity contribution in [2.24, 2.45) is 20.4 Å². The first kappa shape index (κ1) is 98.3. The van der Waals surface area contributed by atoms with Gasteiger partial charge in [-0.3, -0.25) is 38.4 Å². The summed E-state index contributed by atoms with van der Waals surface area (Å²) in [6.07, 6.45) is -0.590. The van der Waals surface area contributed by atoms with Gasteiger partial charge in [-0.25, -0.2) is 51.9 Å². The number of ketones is 4. The number of aryl methyl sites for hydroxylation is 4. The summed E-state index contributed by atoms with van der Waals surface area (Å²) < 4.78 is 145. The first-order chi connectivity index (χ1) is 62.5. The molecule has 0 fully saturated rings. The van der Waals surface area contributed by atoms with Crippen molar-refractivity contribution >= 4 is 235 Å². The molecule has 4 aliphatic heterocycles. The van der Waals surface area contributed by atoms with Crippen LogP contribution in [-0.2, 0) is 103 Å². The first-order valence-corrected chi connectivity index (χ1v) is 51.3. The topological polar surface area (TPSA) is 336 Å². The molecule has 0 N–H and O–H groups in total. The Kier molecular flexibility index (Phi) is 31.3. The third kappa shape index (κ3) is 25.0. The molecule has 16 rings (SSSR count). The summed E-state index contributed by atoms with van der Waals surface area (Å²) in [5.41, 5.74) is 11.4. The van der Waals surface area contributed by atoms with E-state index in [2.05, 4.69) is 20.4 Å². The summed E-state index contributed by atoms with van der Waals surface area (Å²) in [4.78, 5) is 99.3. The normalized spacial score (nSPS) is 14.0. The molecule has 680 valence electrons. The van der Waals surface area contributed by atoms with Gasteiger partial charge in [-0.05, 0) is 169 Å². The number of carbonyl (C=O) groups excluding carboxylic acids is 8. The lowest BCUT2D eigenvalue weighted by atomic mass is 10.1. The van der Waals surface area contributed by atoms with Crippen LogP contribution in [0.2, 0.25) is 22.4 Å². The van der Waals surface area contributed by atoms with Crippen molar-refractivity contribution in [3.05, 3.63) is 325 Å². The van der Waals surface area contributed by atoms with Gasteiger partial charge in [-0.2, -0.15) is 35.4 Å². The minimum atomic E-state index is -3.92. The van der Waals surface area contributed by atoms with Crippen LogP contribution in [0.4, 0.5) is 35.9 Å². The van der Waals surface area contributed by atoms with Crippen molar-refractivity contribution in [2.75, 3.05) is 43.0 Å². The predicted molar refractivity (Wildman–Crippen MR) is 510 cm³/mol. The second kappa shape index (κ2) is 42.0. The number of hydrogen-bond donors (Lipinski definition) is 0. The minimum Gasteiger partial charge on any atom is -0.298 e. The molecule has 12 aromatic rings. The van der Waals surface area contributed by atoms with Gasteiger partial charge in [0.15, 0.2) is 74.1 Å². The van der Waals surface area contributed by atoms with Crippen molar-refractivity contribution < 1.29 is 85.2 Å². The summed E-state index contributed by atoms with van der Waals surface area (Å²) in [6.45, 7) is 7.76. The molecule has 0 atom stereocenters. The lowest BCUT2D eigenvalue weighted by molar-refractivity contribution is -0.117. The van der Waals surface area contributed by atoms with Gasteiger partial charge in [-0.15, -0.1) is 45.3 Å². The van der Waals surface area contributed by atoms with Crippen LogP contribution in [0.5, 0.6) is 0 Å². The number of hydrazone groups is 4. The maximum atomic E-state index is 14.8. The van der Waals surface area contributed by atoms with E-state index >= 15 is 0 Å². The fourth-order valence-electron chi connectivity index (χ4n) is 13.9. The van der Waals surface area contributed by atoms with Crippen LogP contribution < -0.4 is 20.0 Å². The molecule has 24 nitrogen and oxygen atoms in total. The van der Waals surface area contributed by atoms with Crippen molar-refractivity contribution in [1.29, 1.82) is 0 Å². The number of anilines is 4. The molecule has 0 unspecified atom stereocenters. The van der Waals surface area contributed by atoms with Gasteiger partial charge in [-0.1, -0.05) is 202 Å². The van der Waals surface area contributed by atoms with Crippen molar-refractivity contribution in [3.63, 3.8) is 0 Å². The molecule has 0 radical (unpaired) electrons. The average Bonchev–Trinajstić information content (AvgIpc) is 1.65. The highest BCUT2D eigenvalue weighted by Gasteiger charge is 2.35. The molecule has 8 aromatic carbocycles. The molecule has 132 heavy (non-hydrogen) atoms. The summed E-state index contributed by atoms with van der Waals surface area (Å²) in [6, 6.07) is 59.0. The van der Waals surface area contributed by atoms with Gasteiger partial charge >= 0.3 is 0 Å². The van der Waals surface area contributed by atoms with E-state index in [-0.39, 0.29) is 100 Å². The molecule has 0 saturated carbocycles. The molecule has 40 heteroatoms. The Hall–Kier alpha value is -11.2. The SMILES string of the molecule is Cc1cccc(C2=NN(c3c(F)cc(CC(=O)CS(=O)(=O)c4ccc(Cl)s4)cc3F)C(=O)C2)c1.Cc1cccc(C2=NN(c3ccc(CC(=O)CS(=O)(=O)c4ccc(Cl)s4)cc3)C(=O)C2)c1.Cc1cccc(C2=NN(c3ccc(CC(=O)CS(=O)(=O)c4ccc(Cl)s4)cc3Cl)C(=O)C2)c1.Cc1cccc(C2=NN(c3ccc(CC(=O)CS(=O)(=O)c4ccc(Cl)s4)cc3F)C(=O)C2)c1. The van der Waals surface area contributed by atoms with E-state index in [0.717, 1.165) is 107 Å². The van der Waals surface area contributed by atoms with Gasteiger partial charge in [0.05, 0.1) is 82.3 Å². The van der Waals surface area contributed by atoms with Crippen LogP contribution in [-0.4, -0.2) is 126 Å². The quantitative estimate of drug-likeness (QED) is 0.0440. The first-order valence-electron chi connectivity index (χ1n) is 39.5. The van der Waals surface area contributed by atoms with Gasteiger partial charge < -0.3 is 0 Å². The smallest absolute Gasteiger partial charge is 0.253 e. The van der Waals surface area contributed by atoms with E-state index in [1.165, 1.54) is 70.7 Å². The lowest BCUT2D eigenvalue weighted by Crippen LogP contribution is -2.22. The molecule has 4 amide bonds. The Morgan fingerprint density at radius 1 is 0.318 bits per heavy atom. The van der Waals surface area contributed by atoms with E-state index in [9.17, 15) is 85.2 Å². The standard InChI is InChI=1S/C23H18Cl2N2O4S2.C23H17ClF2N2O4S2.C23H18ClFN2O4S2.C23H19ClN2O4S2/c1-14-3-2-4-16(9-14)19-12-22(29)27(26-19)20-6-5-15(11-18(20)24)10-17(28)13-33(30,31)23-8-7-21(25)32-23;1-13-3-2-4-15(7-13)19-11-21(30)28(27-19)23-17(25)9-14(10-18(23)26)8-16(29)12-34(31,32)22-6-5-20(24)33-22;1-14-3-2-4-16(9-14)19-12-22(29)27(26-19)20-6-5-15(11-18(20)25)10-17(28)13-33(30,31)23-8-7-21(24)32-23;1-15-3-2-4-17(11-15)20-13-22(28)26(25-20)18-7-5-16(6-8-18)12-19(27)14-32(29,30)23-10-9-21(24)31-23/h2-9,11H,10,12-13H2,1H3;2-7,9-10H,8,11-12H2,1H3;2-9,11H,10,12-13H2,1H3;2-11H,12-14H2,1H3. The van der Waals surface area contributed by atoms with Crippen LogP contribution in [0.3, 0.4) is 0 Å². The number of carbonyl (C=O) groups is 8. The fraction of sp³-hybridized carbons (Fsp3) is 0.174. The van der Waals surface area contributed by atoms with Crippen LogP contribution in [0.1, 0.15) is 92.4 Å². The Morgan fingerprint density at radius 3 is 0.924 bits per heavy atom. The number of sulfone groups is 4. The molecular formula is C92H72Cl5F3N8O16S8. The zero-order chi connectivity index (χ0) is 95.0. The summed E-state index contributed by atoms with van der Waals surface area (Å²) in [5, 5.41) is 21.9. The fourth-order valence-corrected chi connectivity index (χ4v) is 25.4. The number of rotatable bonds is 28. The Balaban J connectivity index is 0.000000150. The van der Waals surface area contributed by atoms with E-state index in [0.29, 0.717) is 74.5 Å². The number of amides is 4. The number of halogens is 8. The lowest BCUT2D eigenvalue weighted by Gasteiger charge is -2.15. The number of benzene rings is 8. The monoisotopic (exact) mass is 2030 g/mol. The third-order valence-electron chi connectivity index (χ3n) is 19.9. The average molecular weight is 2040 g/mol. The minimum absolute atomic E-state index is 0.0113. The van der Waals surface area contributed by atoms with E-state index < -0.39 is 121 Å². The van der Waals surface area contributed by atoms with Gasteiger partial charge in [0.1, 0.15) is 57.0 Å². The second-order valence-electron chi connectivity index (χ2n) is 30.5. The van der Waals surface area contributed by atoms with Gasteiger partial charge in [0.2, 0.25) is 0 Å². The molecule has 0 saturated heterocycles. The highest BCUT2D eigenvalue weighted by atomic mass is 35.5. The predicted octanol–water partition coefficient (Wildman–Crippen LogP) is 18.8. The van der Waals surface area contributed by atoms with Gasteiger partial charge in [0, 0.05) is 25.7 Å². The summed E-state index contributed by atoms with van der Waals surface area (Å²) in [5.74, 6) is -9.16. The van der Waals surface area contributed by atoms with E-state index in [4.69, 9.17) is 58.0 Å². The molecule has 8 heterocycles. The van der Waals surface area contributed by atoms with E-state index in [1.54, 1.807) is 54.6 Å². The summed E-state index contributed by atoms with van der Waals surface area (Å²) >= 11 is 33.1. The molecule has 0 bridgehead atoms. The number of nitrogens with zero attached hydrogens (tertiary/aromatic N) is 8. The van der Waals surface area contributed by atoms with Crippen LogP contribution in [0.15, 0.2) is 256 Å². The highest BCUT2D eigenvalue weighted by Crippen LogP contribution is 2.37. The Labute approximate surface area is 797 Å². The van der Waals surface area contributed by atoms with Crippen molar-refractivity contribution in [3.8, 4) is 0 Å². The zero-order valence-corrected chi connectivity index (χ0v) is 80.0. The Morgan fingerprint density at radius 2 is 0.598 bits per heavy atom. The van der Waals surface area contributed by atoms with Crippen LogP contribution >= 0.6 is 103 Å². The molecule has 4 aliphatic rings. The third-order valence-corrected chi connectivity index (χ3v) is 34.1. The number of Topliss-reactive ketones (excluding diaryl/α,β-unsaturated/α-hetero) is 4. The molecule has 4 aromatic heterocycles. The molecule has 0 spiro atoms. The van der Waals surface area contributed by atoms with Crippen molar-refractivity contribution in [2.45, 2.75) is 95.9 Å². The van der Waals surface area contributed by atoms with Crippen molar-refractivity contribution in [1.82, 2.24) is 0 Å². The maximum Gasteiger partial charge on any atom is 0.253 e. The van der Waals surface area contributed by atoms with Crippen LogP contribution in [0.25, 0.3) is 0 Å². The second-order valence-corrected chi connectivity index (χ2v) is 46.6. The molecular weight excluding hydrogens is 1960 g/mol. The largest absolute Gasteiger partial charge is 0.298 e. The highest BCUT2D eigenvalue weighted by molar-refractivity contribution is 7.95.